The molecular weight excluding hydrogens is 469 g/mol. The predicted octanol–water partition coefficient (Wildman–Crippen LogP) is 6.38. The van der Waals surface area contributed by atoms with Crippen molar-refractivity contribution in [1.82, 2.24) is 0 Å². The van der Waals surface area contributed by atoms with E-state index in [1.54, 1.807) is 0 Å². The molecule has 0 aliphatic carbocycles. The minimum absolute atomic E-state index is 0.000853. The number of rotatable bonds is 5. The number of ether oxygens (including phenoxy) is 3. The van der Waals surface area contributed by atoms with Crippen LogP contribution in [0.1, 0.15) is 17.4 Å². The fourth-order valence-electron chi connectivity index (χ4n) is 3.56. The van der Waals surface area contributed by atoms with Gasteiger partial charge in [0, 0.05) is 11.5 Å². The summed E-state index contributed by atoms with van der Waals surface area (Å²) in [6, 6.07) is 4.97. The first kappa shape index (κ1) is 24.0. The summed E-state index contributed by atoms with van der Waals surface area (Å²) in [6.07, 6.45) is -1.16. The van der Waals surface area contributed by atoms with E-state index in [0.29, 0.717) is 17.7 Å². The maximum atomic E-state index is 14.6. The number of aryl methyl sites for hydroxylation is 1. The third-order valence-corrected chi connectivity index (χ3v) is 5.18. The molecule has 0 amide bonds. The molecule has 3 aromatic carbocycles. The summed E-state index contributed by atoms with van der Waals surface area (Å²) in [5.74, 6) is -9.90. The Labute approximate surface area is 189 Å². The molecule has 34 heavy (non-hydrogen) atoms. The molecule has 3 nitrogen and oxygen atoms in total. The maximum absolute atomic E-state index is 14.6. The standard InChI is InChI=1S/C24H17F7O3/c1-11-2-19(29)23(20(30)3-11)32-8-12-9-33-24(34-10-12)14-6-15(25)21(16(26)7-14)13-4-17(27)22(31)18(28)5-13/h2-7,12,24H,8-10H2,1H3. The van der Waals surface area contributed by atoms with Crippen LogP contribution in [-0.4, -0.2) is 19.8 Å². The van der Waals surface area contributed by atoms with Gasteiger partial charge in [-0.1, -0.05) is 0 Å². The Balaban J connectivity index is 1.43. The second-order valence-electron chi connectivity index (χ2n) is 7.85. The molecule has 0 radical (unpaired) electrons. The molecular formula is C24H17F7O3. The van der Waals surface area contributed by atoms with E-state index >= 15 is 0 Å². The van der Waals surface area contributed by atoms with Crippen molar-refractivity contribution in [2.75, 3.05) is 19.8 Å². The first-order valence-corrected chi connectivity index (χ1v) is 10.1. The van der Waals surface area contributed by atoms with E-state index in [1.807, 2.05) is 0 Å². The summed E-state index contributed by atoms with van der Waals surface area (Å²) in [5.41, 5.74) is -0.909. The average molecular weight is 486 g/mol. The van der Waals surface area contributed by atoms with Crippen LogP contribution in [0.4, 0.5) is 30.7 Å². The Morgan fingerprint density at radius 2 is 1.26 bits per heavy atom. The first-order chi connectivity index (χ1) is 16.1. The number of hydrogen-bond acceptors (Lipinski definition) is 3. The molecule has 0 bridgehead atoms. The van der Waals surface area contributed by atoms with E-state index in [1.165, 1.54) is 6.92 Å². The van der Waals surface area contributed by atoms with Gasteiger partial charge in [0.2, 0.25) is 0 Å². The van der Waals surface area contributed by atoms with Gasteiger partial charge in [-0.05, 0) is 54.4 Å². The molecule has 0 N–H and O–H groups in total. The molecule has 0 spiro atoms. The first-order valence-electron chi connectivity index (χ1n) is 10.1. The fraction of sp³-hybridized carbons (Fsp3) is 0.250. The van der Waals surface area contributed by atoms with Gasteiger partial charge in [-0.25, -0.2) is 30.7 Å². The zero-order valence-corrected chi connectivity index (χ0v) is 17.6. The number of hydrogen-bond donors (Lipinski definition) is 0. The van der Waals surface area contributed by atoms with Crippen LogP contribution in [0.25, 0.3) is 11.1 Å². The van der Waals surface area contributed by atoms with Crippen molar-refractivity contribution >= 4 is 0 Å². The van der Waals surface area contributed by atoms with E-state index in [-0.39, 0.29) is 25.4 Å². The molecule has 1 fully saturated rings. The van der Waals surface area contributed by atoms with Crippen LogP contribution in [0.5, 0.6) is 5.75 Å². The minimum atomic E-state index is -1.75. The van der Waals surface area contributed by atoms with Gasteiger partial charge in [0.25, 0.3) is 0 Å². The Kier molecular flexibility index (Phi) is 6.81. The van der Waals surface area contributed by atoms with Gasteiger partial charge in [0.15, 0.2) is 41.1 Å². The van der Waals surface area contributed by atoms with Crippen LogP contribution in [0.2, 0.25) is 0 Å². The Hall–Kier alpha value is -3.11. The van der Waals surface area contributed by atoms with Crippen molar-refractivity contribution in [3.05, 3.63) is 88.2 Å². The van der Waals surface area contributed by atoms with Gasteiger partial charge in [0.1, 0.15) is 11.6 Å². The SMILES string of the molecule is Cc1cc(F)c(OCC2COC(c3cc(F)c(-c4cc(F)c(F)c(F)c4)c(F)c3)OC2)c(F)c1. The lowest BCUT2D eigenvalue weighted by Crippen LogP contribution is -2.31. The highest BCUT2D eigenvalue weighted by Crippen LogP contribution is 2.34. The van der Waals surface area contributed by atoms with Gasteiger partial charge in [-0.2, -0.15) is 0 Å². The van der Waals surface area contributed by atoms with E-state index < -0.39 is 69.8 Å². The van der Waals surface area contributed by atoms with Gasteiger partial charge in [0.05, 0.1) is 25.4 Å². The molecule has 10 heteroatoms. The monoisotopic (exact) mass is 486 g/mol. The van der Waals surface area contributed by atoms with Crippen LogP contribution in [0.3, 0.4) is 0 Å². The largest absolute Gasteiger partial charge is 0.487 e. The molecule has 0 atom stereocenters. The molecule has 0 unspecified atom stereocenters. The van der Waals surface area contributed by atoms with Crippen molar-refractivity contribution in [2.24, 2.45) is 5.92 Å². The third kappa shape index (κ3) is 4.88. The van der Waals surface area contributed by atoms with Crippen molar-refractivity contribution in [3.63, 3.8) is 0 Å². The summed E-state index contributed by atoms with van der Waals surface area (Å²) < 4.78 is 113. The molecule has 0 aromatic heterocycles. The van der Waals surface area contributed by atoms with Gasteiger partial charge < -0.3 is 14.2 Å². The number of halogens is 7. The van der Waals surface area contributed by atoms with Gasteiger partial charge in [-0.3, -0.25) is 0 Å². The van der Waals surface area contributed by atoms with Crippen LogP contribution >= 0.6 is 0 Å². The van der Waals surface area contributed by atoms with Crippen molar-refractivity contribution in [2.45, 2.75) is 13.2 Å². The normalized spacial score (nSPS) is 18.2. The summed E-state index contributed by atoms with van der Waals surface area (Å²) in [6.45, 7) is 1.40. The topological polar surface area (TPSA) is 27.7 Å². The highest BCUT2D eigenvalue weighted by Gasteiger charge is 2.27. The molecule has 1 aliphatic rings. The van der Waals surface area contributed by atoms with Crippen LogP contribution in [-0.2, 0) is 9.47 Å². The Morgan fingerprint density at radius 1 is 0.735 bits per heavy atom. The summed E-state index contributed by atoms with van der Waals surface area (Å²) >= 11 is 0. The second-order valence-corrected chi connectivity index (χ2v) is 7.85. The third-order valence-electron chi connectivity index (χ3n) is 5.18. The van der Waals surface area contributed by atoms with E-state index in [0.717, 1.165) is 24.3 Å². The molecule has 0 saturated carbocycles. The lowest BCUT2D eigenvalue weighted by Gasteiger charge is -2.29. The Bertz CT molecular complexity index is 1150. The molecule has 180 valence electrons. The van der Waals surface area contributed by atoms with E-state index in [4.69, 9.17) is 14.2 Å². The van der Waals surface area contributed by atoms with E-state index in [2.05, 4.69) is 0 Å². The van der Waals surface area contributed by atoms with Crippen molar-refractivity contribution < 1.29 is 44.9 Å². The highest BCUT2D eigenvalue weighted by atomic mass is 19.2. The van der Waals surface area contributed by atoms with Crippen LogP contribution in [0, 0.1) is 53.6 Å². The second kappa shape index (κ2) is 9.63. The van der Waals surface area contributed by atoms with Crippen molar-refractivity contribution in [1.29, 1.82) is 0 Å². The zero-order chi connectivity index (χ0) is 24.6. The lowest BCUT2D eigenvalue weighted by atomic mass is 10.0. The maximum Gasteiger partial charge on any atom is 0.194 e. The van der Waals surface area contributed by atoms with E-state index in [9.17, 15) is 30.7 Å². The molecule has 1 heterocycles. The molecule has 1 saturated heterocycles. The predicted molar refractivity (Wildman–Crippen MR) is 106 cm³/mol. The summed E-state index contributed by atoms with van der Waals surface area (Å²) in [7, 11) is 0. The molecule has 1 aliphatic heterocycles. The quantitative estimate of drug-likeness (QED) is 0.310. The highest BCUT2D eigenvalue weighted by molar-refractivity contribution is 5.65. The van der Waals surface area contributed by atoms with Crippen LogP contribution in [0.15, 0.2) is 36.4 Å². The summed E-state index contributed by atoms with van der Waals surface area (Å²) in [5, 5.41) is 0. The molecule has 4 rings (SSSR count). The fourth-order valence-corrected chi connectivity index (χ4v) is 3.56. The zero-order valence-electron chi connectivity index (χ0n) is 17.6. The lowest BCUT2D eigenvalue weighted by molar-refractivity contribution is -0.209. The number of benzene rings is 3. The van der Waals surface area contributed by atoms with Crippen LogP contribution < -0.4 is 4.74 Å². The summed E-state index contributed by atoms with van der Waals surface area (Å²) in [4.78, 5) is 0. The van der Waals surface area contributed by atoms with Gasteiger partial charge in [-0.15, -0.1) is 0 Å². The molecule has 3 aromatic rings. The van der Waals surface area contributed by atoms with Gasteiger partial charge >= 0.3 is 0 Å². The van der Waals surface area contributed by atoms with Crippen molar-refractivity contribution in [3.8, 4) is 16.9 Å². The average Bonchev–Trinajstić information content (AvgIpc) is 2.76. The Morgan fingerprint density at radius 3 is 1.79 bits per heavy atom. The minimum Gasteiger partial charge on any atom is -0.487 e. The smallest absolute Gasteiger partial charge is 0.194 e.